The fourth-order valence-electron chi connectivity index (χ4n) is 1.15. The minimum absolute atomic E-state index is 0. The highest BCUT2D eigenvalue weighted by atomic mass is 79.9. The molecule has 0 aliphatic rings. The van der Waals surface area contributed by atoms with E-state index in [9.17, 15) is 0 Å². The summed E-state index contributed by atoms with van der Waals surface area (Å²) in [6, 6.07) is 8.42. The summed E-state index contributed by atoms with van der Waals surface area (Å²) in [5, 5.41) is 3.22. The van der Waals surface area contributed by atoms with Crippen LogP contribution in [0.1, 0.15) is 18.5 Å². The lowest BCUT2D eigenvalue weighted by Gasteiger charge is -2.13. The van der Waals surface area contributed by atoms with Gasteiger partial charge in [-0.1, -0.05) is 40.0 Å². The third-order valence-corrected chi connectivity index (χ3v) is 2.60. The number of rotatable bonds is 3. The smallest absolute Gasteiger partial charge is 0.0578 e. The van der Waals surface area contributed by atoms with Crippen LogP contribution >= 0.6 is 28.3 Å². The van der Waals surface area contributed by atoms with Gasteiger partial charge in [0, 0.05) is 10.5 Å². The van der Waals surface area contributed by atoms with Crippen LogP contribution in [0.5, 0.6) is 0 Å². The third-order valence-electron chi connectivity index (χ3n) is 1.88. The van der Waals surface area contributed by atoms with E-state index in [4.69, 9.17) is 6.42 Å². The Labute approximate surface area is 99.8 Å². The van der Waals surface area contributed by atoms with Gasteiger partial charge in [-0.25, -0.2) is 0 Å². The van der Waals surface area contributed by atoms with Crippen molar-refractivity contribution in [3.8, 4) is 12.3 Å². The zero-order chi connectivity index (χ0) is 9.68. The Morgan fingerprint density at radius 2 is 2.14 bits per heavy atom. The number of nitrogens with one attached hydrogen (secondary N) is 1. The molecule has 0 amide bonds. The van der Waals surface area contributed by atoms with Crippen LogP contribution in [0.4, 0.5) is 0 Å². The van der Waals surface area contributed by atoms with E-state index in [1.165, 1.54) is 5.56 Å². The van der Waals surface area contributed by atoms with E-state index in [-0.39, 0.29) is 18.4 Å². The maximum atomic E-state index is 5.17. The number of halogens is 2. The van der Waals surface area contributed by atoms with Crippen LogP contribution in [0.3, 0.4) is 0 Å². The maximum Gasteiger partial charge on any atom is 0.0578 e. The minimum atomic E-state index is 0. The number of hydrogen-bond donors (Lipinski definition) is 1. The average molecular weight is 275 g/mol. The standard InChI is InChI=1S/C11H12BrN.ClH/c1-3-8-13-9(2)10-6-4-5-7-11(10)12;/h1,4-7,9,13H,8H2,2H3;1H. The molecule has 14 heavy (non-hydrogen) atoms. The van der Waals surface area contributed by atoms with Crippen LogP contribution in [0.2, 0.25) is 0 Å². The lowest BCUT2D eigenvalue weighted by Crippen LogP contribution is -2.18. The molecule has 0 radical (unpaired) electrons. The summed E-state index contributed by atoms with van der Waals surface area (Å²) in [6.45, 7) is 2.69. The van der Waals surface area contributed by atoms with Crippen molar-refractivity contribution in [3.63, 3.8) is 0 Å². The molecule has 0 heterocycles. The molecule has 1 aromatic rings. The Balaban J connectivity index is 0.00000169. The quantitative estimate of drug-likeness (QED) is 0.835. The fraction of sp³-hybridized carbons (Fsp3) is 0.273. The molecule has 1 atom stereocenters. The molecular weight excluding hydrogens is 261 g/mol. The minimum Gasteiger partial charge on any atom is -0.300 e. The van der Waals surface area contributed by atoms with Crippen LogP contribution < -0.4 is 5.32 Å². The van der Waals surface area contributed by atoms with Gasteiger partial charge in [-0.05, 0) is 18.6 Å². The van der Waals surface area contributed by atoms with Gasteiger partial charge in [0.2, 0.25) is 0 Å². The van der Waals surface area contributed by atoms with Crippen LogP contribution in [-0.2, 0) is 0 Å². The van der Waals surface area contributed by atoms with E-state index >= 15 is 0 Å². The van der Waals surface area contributed by atoms with Gasteiger partial charge < -0.3 is 0 Å². The van der Waals surface area contributed by atoms with E-state index in [1.807, 2.05) is 18.2 Å². The molecule has 1 aromatic carbocycles. The molecule has 1 rings (SSSR count). The highest BCUT2D eigenvalue weighted by Crippen LogP contribution is 2.22. The van der Waals surface area contributed by atoms with Crippen molar-refractivity contribution in [2.75, 3.05) is 6.54 Å². The Morgan fingerprint density at radius 3 is 2.71 bits per heavy atom. The van der Waals surface area contributed by atoms with Crippen molar-refractivity contribution in [2.45, 2.75) is 13.0 Å². The monoisotopic (exact) mass is 273 g/mol. The second-order valence-corrected chi connectivity index (χ2v) is 3.68. The van der Waals surface area contributed by atoms with Gasteiger partial charge in [-0.15, -0.1) is 18.8 Å². The van der Waals surface area contributed by atoms with Crippen molar-refractivity contribution in [2.24, 2.45) is 0 Å². The molecular formula is C11H13BrClN. The molecule has 0 saturated heterocycles. The molecule has 0 aromatic heterocycles. The van der Waals surface area contributed by atoms with Crippen LogP contribution in [-0.4, -0.2) is 6.54 Å². The van der Waals surface area contributed by atoms with E-state index < -0.39 is 0 Å². The summed E-state index contributed by atoms with van der Waals surface area (Å²) in [7, 11) is 0. The summed E-state index contributed by atoms with van der Waals surface area (Å²) < 4.78 is 1.12. The lowest BCUT2D eigenvalue weighted by atomic mass is 10.1. The summed E-state index contributed by atoms with van der Waals surface area (Å²) in [6.07, 6.45) is 5.17. The topological polar surface area (TPSA) is 12.0 Å². The van der Waals surface area contributed by atoms with Gasteiger partial charge in [0.25, 0.3) is 0 Å². The van der Waals surface area contributed by atoms with E-state index in [1.54, 1.807) is 0 Å². The Morgan fingerprint density at radius 1 is 1.50 bits per heavy atom. The van der Waals surface area contributed by atoms with Gasteiger partial charge in [0.1, 0.15) is 0 Å². The molecule has 0 bridgehead atoms. The van der Waals surface area contributed by atoms with Crippen LogP contribution in [0.25, 0.3) is 0 Å². The van der Waals surface area contributed by atoms with Gasteiger partial charge in [0.05, 0.1) is 6.54 Å². The van der Waals surface area contributed by atoms with E-state index in [0.29, 0.717) is 6.54 Å². The van der Waals surface area contributed by atoms with Crippen molar-refractivity contribution in [3.05, 3.63) is 34.3 Å². The first-order chi connectivity index (χ1) is 6.25. The normalized spacial score (nSPS) is 11.2. The zero-order valence-electron chi connectivity index (χ0n) is 7.96. The van der Waals surface area contributed by atoms with Crippen molar-refractivity contribution >= 4 is 28.3 Å². The van der Waals surface area contributed by atoms with Gasteiger partial charge in [0.15, 0.2) is 0 Å². The zero-order valence-corrected chi connectivity index (χ0v) is 10.4. The van der Waals surface area contributed by atoms with Gasteiger partial charge in [-0.2, -0.15) is 0 Å². The molecule has 1 nitrogen and oxygen atoms in total. The van der Waals surface area contributed by atoms with Gasteiger partial charge >= 0.3 is 0 Å². The van der Waals surface area contributed by atoms with Crippen LogP contribution in [0, 0.1) is 12.3 Å². The Kier molecular flexibility index (Phi) is 6.65. The Hall–Kier alpha value is -0.490. The largest absolute Gasteiger partial charge is 0.300 e. The molecule has 0 aliphatic heterocycles. The molecule has 76 valence electrons. The first kappa shape index (κ1) is 13.5. The highest BCUT2D eigenvalue weighted by Gasteiger charge is 2.06. The number of benzene rings is 1. The molecule has 3 heteroatoms. The Bertz CT molecular complexity index is 319. The van der Waals surface area contributed by atoms with E-state index in [0.717, 1.165) is 4.47 Å². The van der Waals surface area contributed by atoms with Crippen molar-refractivity contribution < 1.29 is 0 Å². The summed E-state index contributed by atoms with van der Waals surface area (Å²) >= 11 is 3.50. The molecule has 1 unspecified atom stereocenters. The van der Waals surface area contributed by atoms with Crippen LogP contribution in [0.15, 0.2) is 28.7 Å². The second kappa shape index (κ2) is 6.89. The predicted octanol–water partition coefficient (Wildman–Crippen LogP) is 3.15. The highest BCUT2D eigenvalue weighted by molar-refractivity contribution is 9.10. The summed E-state index contributed by atoms with van der Waals surface area (Å²) in [4.78, 5) is 0. The van der Waals surface area contributed by atoms with Crippen molar-refractivity contribution in [1.82, 2.24) is 5.32 Å². The molecule has 0 fully saturated rings. The molecule has 1 N–H and O–H groups in total. The third kappa shape index (κ3) is 3.71. The summed E-state index contributed by atoms with van der Waals surface area (Å²) in [5.74, 6) is 2.56. The maximum absolute atomic E-state index is 5.17. The molecule has 0 saturated carbocycles. The van der Waals surface area contributed by atoms with Crippen molar-refractivity contribution in [1.29, 1.82) is 0 Å². The predicted molar refractivity (Wildman–Crippen MR) is 66.6 cm³/mol. The first-order valence-electron chi connectivity index (χ1n) is 4.17. The second-order valence-electron chi connectivity index (χ2n) is 2.83. The lowest BCUT2D eigenvalue weighted by molar-refractivity contribution is 0.621. The first-order valence-corrected chi connectivity index (χ1v) is 4.96. The average Bonchev–Trinajstić information content (AvgIpc) is 2.15. The number of terminal acetylenes is 1. The number of hydrogen-bond acceptors (Lipinski definition) is 1. The summed E-state index contributed by atoms with van der Waals surface area (Å²) in [5.41, 5.74) is 1.23. The fourth-order valence-corrected chi connectivity index (χ4v) is 1.78. The SMILES string of the molecule is C#CCNC(C)c1ccccc1Br.Cl. The molecule has 0 spiro atoms. The van der Waals surface area contributed by atoms with E-state index in [2.05, 4.69) is 40.2 Å². The molecule has 0 aliphatic carbocycles. The van der Waals surface area contributed by atoms with Gasteiger partial charge in [-0.3, -0.25) is 5.32 Å².